The van der Waals surface area contributed by atoms with Gasteiger partial charge in [0.15, 0.2) is 0 Å². The summed E-state index contributed by atoms with van der Waals surface area (Å²) in [6.45, 7) is 4.15. The van der Waals surface area contributed by atoms with Crippen molar-refractivity contribution in [1.29, 1.82) is 0 Å². The number of amides is 1. The highest BCUT2D eigenvalue weighted by molar-refractivity contribution is 5.96. The third kappa shape index (κ3) is 2.84. The molecule has 1 aromatic rings. The number of aryl methyl sites for hydroxylation is 1. The Labute approximate surface area is 109 Å². The monoisotopic (exact) mass is 246 g/mol. The van der Waals surface area contributed by atoms with Crippen molar-refractivity contribution in [2.75, 3.05) is 5.73 Å². The largest absolute Gasteiger partial charge is 0.399 e. The fraction of sp³-hybridized carbons (Fsp3) is 0.533. The molecule has 0 spiro atoms. The molecule has 18 heavy (non-hydrogen) atoms. The molecule has 98 valence electrons. The lowest BCUT2D eigenvalue weighted by Gasteiger charge is -2.29. The molecule has 1 amide bonds. The number of carbonyl (C=O) groups excluding carboxylic acids is 1. The third-order valence-electron chi connectivity index (χ3n) is 3.92. The van der Waals surface area contributed by atoms with E-state index in [4.69, 9.17) is 5.73 Å². The second kappa shape index (κ2) is 5.42. The van der Waals surface area contributed by atoms with Gasteiger partial charge in [-0.3, -0.25) is 4.79 Å². The van der Waals surface area contributed by atoms with Gasteiger partial charge >= 0.3 is 0 Å². The third-order valence-corrected chi connectivity index (χ3v) is 3.92. The molecular formula is C15H22N2O. The van der Waals surface area contributed by atoms with E-state index in [-0.39, 0.29) is 5.91 Å². The number of nitrogen functional groups attached to an aromatic ring is 1. The highest BCUT2D eigenvalue weighted by atomic mass is 16.1. The predicted octanol–water partition coefficient (Wildman–Crippen LogP) is 2.89. The number of benzene rings is 1. The maximum atomic E-state index is 12.2. The number of rotatable bonds is 2. The first-order valence-electron chi connectivity index (χ1n) is 6.75. The van der Waals surface area contributed by atoms with E-state index in [9.17, 15) is 4.79 Å². The molecule has 1 aliphatic rings. The van der Waals surface area contributed by atoms with Crippen LogP contribution in [0.3, 0.4) is 0 Å². The fourth-order valence-electron chi connectivity index (χ4n) is 2.72. The second-order valence-corrected chi connectivity index (χ2v) is 5.42. The first-order valence-corrected chi connectivity index (χ1v) is 6.75. The van der Waals surface area contributed by atoms with Crippen LogP contribution in [-0.2, 0) is 0 Å². The Kier molecular flexibility index (Phi) is 3.90. The summed E-state index contributed by atoms with van der Waals surface area (Å²) < 4.78 is 0. The van der Waals surface area contributed by atoms with Gasteiger partial charge in [-0.25, -0.2) is 0 Å². The van der Waals surface area contributed by atoms with Crippen molar-refractivity contribution in [3.05, 3.63) is 29.3 Å². The van der Waals surface area contributed by atoms with E-state index in [0.29, 0.717) is 17.6 Å². The van der Waals surface area contributed by atoms with Crippen LogP contribution in [0.4, 0.5) is 5.69 Å². The Balaban J connectivity index is 2.07. The summed E-state index contributed by atoms with van der Waals surface area (Å²) in [6, 6.07) is 5.77. The van der Waals surface area contributed by atoms with Gasteiger partial charge in [0.1, 0.15) is 0 Å². The highest BCUT2D eigenvalue weighted by Crippen LogP contribution is 2.24. The van der Waals surface area contributed by atoms with Gasteiger partial charge in [0.05, 0.1) is 0 Å². The number of anilines is 1. The van der Waals surface area contributed by atoms with Crippen LogP contribution in [0.1, 0.15) is 48.5 Å². The summed E-state index contributed by atoms with van der Waals surface area (Å²) in [4.78, 5) is 12.2. The van der Waals surface area contributed by atoms with E-state index in [1.807, 2.05) is 19.1 Å². The minimum Gasteiger partial charge on any atom is -0.399 e. The molecule has 0 aromatic heterocycles. The van der Waals surface area contributed by atoms with Gasteiger partial charge in [-0.05, 0) is 49.4 Å². The van der Waals surface area contributed by atoms with Crippen LogP contribution in [0.25, 0.3) is 0 Å². The van der Waals surface area contributed by atoms with Gasteiger partial charge in [-0.15, -0.1) is 0 Å². The van der Waals surface area contributed by atoms with Crippen LogP contribution < -0.4 is 11.1 Å². The van der Waals surface area contributed by atoms with Gasteiger partial charge in [0, 0.05) is 17.3 Å². The summed E-state index contributed by atoms with van der Waals surface area (Å²) in [5.74, 6) is 0.614. The van der Waals surface area contributed by atoms with E-state index in [1.54, 1.807) is 6.07 Å². The molecule has 1 aromatic carbocycles. The lowest BCUT2D eigenvalue weighted by atomic mass is 9.86. The quantitative estimate of drug-likeness (QED) is 0.788. The highest BCUT2D eigenvalue weighted by Gasteiger charge is 2.23. The van der Waals surface area contributed by atoms with Crippen LogP contribution >= 0.6 is 0 Å². The average Bonchev–Trinajstić information content (AvgIpc) is 2.32. The lowest BCUT2D eigenvalue weighted by Crippen LogP contribution is -2.41. The molecule has 0 saturated heterocycles. The van der Waals surface area contributed by atoms with Crippen LogP contribution in [0.5, 0.6) is 0 Å². The van der Waals surface area contributed by atoms with Crippen molar-refractivity contribution >= 4 is 11.6 Å². The van der Waals surface area contributed by atoms with E-state index in [0.717, 1.165) is 17.5 Å². The zero-order valence-electron chi connectivity index (χ0n) is 11.2. The molecule has 3 nitrogen and oxygen atoms in total. The van der Waals surface area contributed by atoms with Crippen LogP contribution in [0.2, 0.25) is 0 Å². The normalized spacial score (nSPS) is 23.7. The first-order chi connectivity index (χ1) is 8.58. The second-order valence-electron chi connectivity index (χ2n) is 5.42. The summed E-state index contributed by atoms with van der Waals surface area (Å²) in [5.41, 5.74) is 8.08. The number of carbonyl (C=O) groups is 1. The Morgan fingerprint density at radius 1 is 1.33 bits per heavy atom. The topological polar surface area (TPSA) is 55.1 Å². The molecule has 1 fully saturated rings. The average molecular weight is 246 g/mol. The molecule has 2 atom stereocenters. The Bertz CT molecular complexity index is 442. The number of nitrogens with one attached hydrogen (secondary N) is 1. The van der Waals surface area contributed by atoms with E-state index in [1.165, 1.54) is 19.3 Å². The van der Waals surface area contributed by atoms with E-state index < -0.39 is 0 Å². The molecule has 0 aliphatic heterocycles. The minimum atomic E-state index is 0.0336. The molecule has 0 heterocycles. The SMILES string of the molecule is Cc1cc(N)ccc1C(=O)NC1CCCCC1C. The maximum absolute atomic E-state index is 12.2. The van der Waals surface area contributed by atoms with Crippen molar-refractivity contribution in [2.24, 2.45) is 5.92 Å². The standard InChI is InChI=1S/C15H22N2O/c1-10-5-3-4-6-14(10)17-15(18)13-8-7-12(16)9-11(13)2/h7-10,14H,3-6,16H2,1-2H3,(H,17,18). The molecule has 1 saturated carbocycles. The van der Waals surface area contributed by atoms with Crippen molar-refractivity contribution in [2.45, 2.75) is 45.6 Å². The number of hydrogen-bond donors (Lipinski definition) is 2. The molecule has 3 N–H and O–H groups in total. The van der Waals surface area contributed by atoms with Gasteiger partial charge in [0.25, 0.3) is 5.91 Å². The predicted molar refractivity (Wildman–Crippen MR) is 74.5 cm³/mol. The van der Waals surface area contributed by atoms with Gasteiger partial charge < -0.3 is 11.1 Å². The lowest BCUT2D eigenvalue weighted by molar-refractivity contribution is 0.0909. The zero-order valence-corrected chi connectivity index (χ0v) is 11.2. The van der Waals surface area contributed by atoms with Crippen LogP contribution in [0, 0.1) is 12.8 Å². The van der Waals surface area contributed by atoms with Gasteiger partial charge in [-0.1, -0.05) is 19.8 Å². The summed E-state index contributed by atoms with van der Waals surface area (Å²) in [7, 11) is 0. The smallest absolute Gasteiger partial charge is 0.251 e. The molecule has 2 unspecified atom stereocenters. The molecule has 3 heteroatoms. The Morgan fingerprint density at radius 3 is 2.72 bits per heavy atom. The van der Waals surface area contributed by atoms with Crippen LogP contribution in [0.15, 0.2) is 18.2 Å². The Morgan fingerprint density at radius 2 is 2.06 bits per heavy atom. The molecule has 2 rings (SSSR count). The van der Waals surface area contributed by atoms with Gasteiger partial charge in [0.2, 0.25) is 0 Å². The Hall–Kier alpha value is -1.51. The van der Waals surface area contributed by atoms with Crippen molar-refractivity contribution in [3.63, 3.8) is 0 Å². The van der Waals surface area contributed by atoms with Crippen molar-refractivity contribution in [1.82, 2.24) is 5.32 Å². The molecule has 1 aliphatic carbocycles. The summed E-state index contributed by atoms with van der Waals surface area (Å²) >= 11 is 0. The van der Waals surface area contributed by atoms with E-state index >= 15 is 0 Å². The van der Waals surface area contributed by atoms with Crippen LogP contribution in [-0.4, -0.2) is 11.9 Å². The zero-order chi connectivity index (χ0) is 13.1. The van der Waals surface area contributed by atoms with E-state index in [2.05, 4.69) is 12.2 Å². The number of nitrogens with two attached hydrogens (primary N) is 1. The minimum absolute atomic E-state index is 0.0336. The van der Waals surface area contributed by atoms with Crippen molar-refractivity contribution < 1.29 is 4.79 Å². The molecule has 0 bridgehead atoms. The summed E-state index contributed by atoms with van der Waals surface area (Å²) in [6.07, 6.45) is 4.82. The maximum Gasteiger partial charge on any atom is 0.251 e. The summed E-state index contributed by atoms with van der Waals surface area (Å²) in [5, 5.41) is 3.17. The molecular weight excluding hydrogens is 224 g/mol. The molecule has 0 radical (unpaired) electrons. The van der Waals surface area contributed by atoms with Crippen molar-refractivity contribution in [3.8, 4) is 0 Å². The number of hydrogen-bond acceptors (Lipinski definition) is 2. The fourth-order valence-corrected chi connectivity index (χ4v) is 2.72. The first kappa shape index (κ1) is 12.9. The van der Waals surface area contributed by atoms with Gasteiger partial charge in [-0.2, -0.15) is 0 Å².